The Morgan fingerprint density at radius 3 is 2.57 bits per heavy atom. The van der Waals surface area contributed by atoms with E-state index in [1.165, 1.54) is 17.0 Å². The van der Waals surface area contributed by atoms with Gasteiger partial charge in [0.1, 0.15) is 17.0 Å². The summed E-state index contributed by atoms with van der Waals surface area (Å²) < 4.78 is 48.1. The SMILES string of the molecule is Cc1c(CCC(=O)N(C)C2CCS(=O)(=O)C2)c(=O)oc2cc3occ(-c4ccc(F)cc4)c3cc12. The van der Waals surface area contributed by atoms with E-state index in [0.717, 1.165) is 21.9 Å². The van der Waals surface area contributed by atoms with Crippen LogP contribution in [0.25, 0.3) is 33.1 Å². The highest BCUT2D eigenvalue weighted by atomic mass is 32.2. The summed E-state index contributed by atoms with van der Waals surface area (Å²) in [5, 5.41) is 1.52. The van der Waals surface area contributed by atoms with Gasteiger partial charge >= 0.3 is 5.63 Å². The van der Waals surface area contributed by atoms with Crippen LogP contribution in [0, 0.1) is 12.7 Å². The minimum Gasteiger partial charge on any atom is -0.464 e. The van der Waals surface area contributed by atoms with E-state index in [9.17, 15) is 22.4 Å². The van der Waals surface area contributed by atoms with Crippen molar-refractivity contribution in [3.05, 3.63) is 70.0 Å². The molecule has 4 aromatic rings. The molecule has 1 unspecified atom stereocenters. The monoisotopic (exact) mass is 497 g/mol. The first-order valence-corrected chi connectivity index (χ1v) is 13.1. The lowest BCUT2D eigenvalue weighted by Crippen LogP contribution is -2.38. The fourth-order valence-corrected chi connectivity index (χ4v) is 6.52. The second kappa shape index (κ2) is 8.64. The molecule has 9 heteroatoms. The van der Waals surface area contributed by atoms with Crippen LogP contribution in [-0.2, 0) is 21.1 Å². The average Bonchev–Trinajstić information content (AvgIpc) is 3.40. The molecular weight excluding hydrogens is 473 g/mol. The molecule has 182 valence electrons. The van der Waals surface area contributed by atoms with Gasteiger partial charge < -0.3 is 13.7 Å². The van der Waals surface area contributed by atoms with Gasteiger partial charge in [0.05, 0.1) is 17.8 Å². The Kier molecular flexibility index (Phi) is 5.75. The largest absolute Gasteiger partial charge is 0.464 e. The quantitative estimate of drug-likeness (QED) is 0.383. The molecule has 1 aliphatic heterocycles. The number of amides is 1. The van der Waals surface area contributed by atoms with Crippen LogP contribution in [0.2, 0.25) is 0 Å². The van der Waals surface area contributed by atoms with Gasteiger partial charge in [-0.05, 0) is 49.1 Å². The van der Waals surface area contributed by atoms with Crippen LogP contribution in [0.4, 0.5) is 4.39 Å². The number of sulfone groups is 1. The first-order chi connectivity index (χ1) is 16.6. The molecule has 35 heavy (non-hydrogen) atoms. The summed E-state index contributed by atoms with van der Waals surface area (Å²) in [6, 6.07) is 9.32. The Balaban J connectivity index is 1.45. The molecule has 0 bridgehead atoms. The Hall–Kier alpha value is -3.46. The Bertz CT molecular complexity index is 1620. The number of aryl methyl sites for hydroxylation is 1. The van der Waals surface area contributed by atoms with E-state index >= 15 is 0 Å². The van der Waals surface area contributed by atoms with E-state index in [4.69, 9.17) is 8.83 Å². The third-order valence-electron chi connectivity index (χ3n) is 6.88. The van der Waals surface area contributed by atoms with E-state index in [2.05, 4.69) is 0 Å². The topological polar surface area (TPSA) is 97.8 Å². The summed E-state index contributed by atoms with van der Waals surface area (Å²) in [4.78, 5) is 26.9. The summed E-state index contributed by atoms with van der Waals surface area (Å²) in [5.74, 6) is -0.479. The van der Waals surface area contributed by atoms with Gasteiger partial charge in [-0.25, -0.2) is 17.6 Å². The molecule has 2 aromatic carbocycles. The molecule has 0 saturated carbocycles. The van der Waals surface area contributed by atoms with Crippen LogP contribution in [0.15, 0.2) is 56.3 Å². The number of hydrogen-bond donors (Lipinski definition) is 0. The first kappa shape index (κ1) is 23.3. The van der Waals surface area contributed by atoms with Crippen molar-refractivity contribution in [1.82, 2.24) is 4.90 Å². The molecule has 2 aromatic heterocycles. The summed E-state index contributed by atoms with van der Waals surface area (Å²) in [7, 11) is -1.50. The lowest BCUT2D eigenvalue weighted by Gasteiger charge is -2.23. The summed E-state index contributed by atoms with van der Waals surface area (Å²) >= 11 is 0. The minimum absolute atomic E-state index is 0.0243. The molecule has 3 heterocycles. The number of fused-ring (bicyclic) bond motifs is 2. The fraction of sp³-hybridized carbons (Fsp3) is 0.308. The molecule has 1 saturated heterocycles. The Morgan fingerprint density at radius 2 is 1.89 bits per heavy atom. The molecule has 0 aliphatic carbocycles. The lowest BCUT2D eigenvalue weighted by atomic mass is 9.98. The molecule has 0 spiro atoms. The van der Waals surface area contributed by atoms with Crippen molar-refractivity contribution in [1.29, 1.82) is 0 Å². The van der Waals surface area contributed by atoms with Gasteiger partial charge in [-0.2, -0.15) is 0 Å². The average molecular weight is 498 g/mol. The van der Waals surface area contributed by atoms with Crippen LogP contribution in [0.3, 0.4) is 0 Å². The van der Waals surface area contributed by atoms with Crippen molar-refractivity contribution in [3.63, 3.8) is 0 Å². The lowest BCUT2D eigenvalue weighted by molar-refractivity contribution is -0.131. The molecule has 1 atom stereocenters. The van der Waals surface area contributed by atoms with Crippen molar-refractivity contribution < 1.29 is 26.4 Å². The van der Waals surface area contributed by atoms with Crippen LogP contribution in [0.5, 0.6) is 0 Å². The Labute approximate surface area is 201 Å². The molecule has 1 aliphatic rings. The highest BCUT2D eigenvalue weighted by Gasteiger charge is 2.32. The number of nitrogens with zero attached hydrogens (tertiary/aromatic N) is 1. The number of carbonyl (C=O) groups excluding carboxylic acids is 1. The maximum atomic E-state index is 13.4. The van der Waals surface area contributed by atoms with Crippen LogP contribution in [0.1, 0.15) is 24.0 Å². The van der Waals surface area contributed by atoms with Gasteiger partial charge in [-0.3, -0.25) is 4.79 Å². The maximum absolute atomic E-state index is 13.4. The highest BCUT2D eigenvalue weighted by Crippen LogP contribution is 2.34. The van der Waals surface area contributed by atoms with Gasteiger partial charge in [-0.1, -0.05) is 12.1 Å². The van der Waals surface area contributed by atoms with Gasteiger partial charge in [0, 0.05) is 47.5 Å². The second-order valence-electron chi connectivity index (χ2n) is 9.06. The van der Waals surface area contributed by atoms with E-state index in [0.29, 0.717) is 28.7 Å². The van der Waals surface area contributed by atoms with Crippen LogP contribution < -0.4 is 5.63 Å². The van der Waals surface area contributed by atoms with Crippen molar-refractivity contribution in [2.24, 2.45) is 0 Å². The second-order valence-corrected chi connectivity index (χ2v) is 11.3. The molecule has 1 fully saturated rings. The third kappa shape index (κ3) is 4.36. The standard InChI is InChI=1S/C26H24FNO6S/c1-15-19(7-8-25(29)28(2)18-9-10-35(31,32)14-18)26(30)34-24-12-23-21(11-20(15)24)22(13-33-23)16-3-5-17(27)6-4-16/h3-6,11-13,18H,7-10,14H2,1-2H3. The van der Waals surface area contributed by atoms with Crippen molar-refractivity contribution >= 4 is 37.7 Å². The zero-order valence-electron chi connectivity index (χ0n) is 19.3. The number of hydrogen-bond acceptors (Lipinski definition) is 6. The molecule has 0 N–H and O–H groups in total. The fourth-order valence-electron chi connectivity index (χ4n) is 4.74. The maximum Gasteiger partial charge on any atom is 0.339 e. The predicted molar refractivity (Wildman–Crippen MR) is 131 cm³/mol. The number of benzene rings is 2. The van der Waals surface area contributed by atoms with E-state index in [-0.39, 0.29) is 42.1 Å². The van der Waals surface area contributed by atoms with Gasteiger partial charge in [0.25, 0.3) is 0 Å². The summed E-state index contributed by atoms with van der Waals surface area (Å²) in [6.07, 6.45) is 2.27. The first-order valence-electron chi connectivity index (χ1n) is 11.3. The predicted octanol–water partition coefficient (Wildman–Crippen LogP) is 4.23. The number of furan rings is 1. The summed E-state index contributed by atoms with van der Waals surface area (Å²) in [5.41, 5.74) is 3.10. The Morgan fingerprint density at radius 1 is 1.14 bits per heavy atom. The number of carbonyl (C=O) groups is 1. The molecule has 5 rings (SSSR count). The molecule has 0 radical (unpaired) electrons. The van der Waals surface area contributed by atoms with Crippen molar-refractivity contribution in [2.45, 2.75) is 32.2 Å². The van der Waals surface area contributed by atoms with Crippen molar-refractivity contribution in [2.75, 3.05) is 18.6 Å². The normalized spacial score (nSPS) is 17.3. The molecule has 1 amide bonds. The van der Waals surface area contributed by atoms with Gasteiger partial charge in [-0.15, -0.1) is 0 Å². The zero-order chi connectivity index (χ0) is 24.9. The smallest absolute Gasteiger partial charge is 0.339 e. The molecular formula is C26H24FNO6S. The van der Waals surface area contributed by atoms with Crippen molar-refractivity contribution in [3.8, 4) is 11.1 Å². The van der Waals surface area contributed by atoms with E-state index in [1.54, 1.807) is 31.5 Å². The third-order valence-corrected chi connectivity index (χ3v) is 8.63. The highest BCUT2D eigenvalue weighted by molar-refractivity contribution is 7.91. The minimum atomic E-state index is -3.10. The summed E-state index contributed by atoms with van der Waals surface area (Å²) in [6.45, 7) is 1.82. The number of halogens is 1. The molecule has 7 nitrogen and oxygen atoms in total. The van der Waals surface area contributed by atoms with Crippen LogP contribution in [-0.4, -0.2) is 43.8 Å². The number of rotatable bonds is 5. The van der Waals surface area contributed by atoms with E-state index in [1.807, 2.05) is 13.0 Å². The zero-order valence-corrected chi connectivity index (χ0v) is 20.2. The van der Waals surface area contributed by atoms with E-state index < -0.39 is 15.5 Å². The van der Waals surface area contributed by atoms with Crippen LogP contribution >= 0.6 is 0 Å². The van der Waals surface area contributed by atoms with Gasteiger partial charge in [0.15, 0.2) is 9.84 Å². The van der Waals surface area contributed by atoms with Gasteiger partial charge in [0.2, 0.25) is 5.91 Å².